The van der Waals surface area contributed by atoms with Crippen LogP contribution in [-0.4, -0.2) is 13.9 Å². The predicted molar refractivity (Wildman–Crippen MR) is 55.1 cm³/mol. The highest BCUT2D eigenvalue weighted by Crippen LogP contribution is 2.23. The van der Waals surface area contributed by atoms with Crippen LogP contribution in [0.2, 0.25) is 25.7 Å². The minimum Gasteiger partial charge on any atom is -0.295 e. The molecule has 12 heavy (non-hydrogen) atoms. The van der Waals surface area contributed by atoms with Gasteiger partial charge in [0, 0.05) is 14.5 Å². The lowest BCUT2D eigenvalue weighted by Crippen LogP contribution is -2.23. The fourth-order valence-electron chi connectivity index (χ4n) is 1.56. The van der Waals surface area contributed by atoms with Crippen molar-refractivity contribution in [1.82, 2.24) is 0 Å². The van der Waals surface area contributed by atoms with Gasteiger partial charge in [-0.3, -0.25) is 4.79 Å². The molecule has 0 unspecified atom stereocenters. The van der Waals surface area contributed by atoms with Gasteiger partial charge in [-0.2, -0.15) is 0 Å². The van der Waals surface area contributed by atoms with E-state index in [1.807, 2.05) is 0 Å². The number of allylic oxidation sites excluding steroid dienone is 2. The second-order valence-corrected chi connectivity index (χ2v) is 10.3. The molecule has 0 spiro atoms. The Labute approximate surface area is 75.9 Å². The van der Waals surface area contributed by atoms with E-state index < -0.39 is 8.07 Å². The van der Waals surface area contributed by atoms with Crippen LogP contribution >= 0.6 is 0 Å². The fourth-order valence-corrected chi connectivity index (χ4v) is 3.04. The van der Waals surface area contributed by atoms with Crippen LogP contribution in [0.15, 0.2) is 11.6 Å². The number of Topliss-reactive ketones (excluding diaryl/α,β-unsaturated/α-hetero) is 1. The van der Waals surface area contributed by atoms with E-state index in [0.717, 1.165) is 30.9 Å². The smallest absolute Gasteiger partial charge is 0.158 e. The summed E-state index contributed by atoms with van der Waals surface area (Å²) in [5.41, 5.74) is 1.13. The van der Waals surface area contributed by atoms with Crippen LogP contribution in [0.3, 0.4) is 0 Å². The molecule has 0 fully saturated rings. The van der Waals surface area contributed by atoms with Crippen molar-refractivity contribution in [3.63, 3.8) is 0 Å². The molecule has 68 valence electrons. The van der Waals surface area contributed by atoms with Crippen LogP contribution in [0.25, 0.3) is 0 Å². The molecule has 0 aromatic rings. The molecule has 0 saturated carbocycles. The van der Waals surface area contributed by atoms with Crippen LogP contribution in [0.1, 0.15) is 19.3 Å². The van der Waals surface area contributed by atoms with E-state index in [1.165, 1.54) is 0 Å². The summed E-state index contributed by atoms with van der Waals surface area (Å²) in [7, 11) is -1.08. The van der Waals surface area contributed by atoms with E-state index in [-0.39, 0.29) is 0 Å². The molecule has 0 bridgehead atoms. The number of ketones is 1. The van der Waals surface area contributed by atoms with Crippen LogP contribution < -0.4 is 0 Å². The summed E-state index contributed by atoms with van der Waals surface area (Å²) >= 11 is 0. The lowest BCUT2D eigenvalue weighted by atomic mass is 10.00. The minimum absolute atomic E-state index is 0.406. The van der Waals surface area contributed by atoms with E-state index in [9.17, 15) is 4.79 Å². The second kappa shape index (κ2) is 3.56. The van der Waals surface area contributed by atoms with E-state index in [0.29, 0.717) is 5.78 Å². The zero-order valence-electron chi connectivity index (χ0n) is 8.31. The van der Waals surface area contributed by atoms with Gasteiger partial charge in [0.05, 0.1) is 0 Å². The molecule has 0 N–H and O–H groups in total. The van der Waals surface area contributed by atoms with Crippen molar-refractivity contribution in [2.75, 3.05) is 0 Å². The Morgan fingerprint density at radius 3 is 2.58 bits per heavy atom. The summed E-state index contributed by atoms with van der Waals surface area (Å²) in [6, 6.07) is 1.08. The Hall–Kier alpha value is -0.373. The van der Waals surface area contributed by atoms with Crippen molar-refractivity contribution in [2.24, 2.45) is 0 Å². The lowest BCUT2D eigenvalue weighted by Gasteiger charge is -2.19. The fraction of sp³-hybridized carbons (Fsp3) is 0.700. The first kappa shape index (κ1) is 9.71. The first-order valence-electron chi connectivity index (χ1n) is 4.71. The van der Waals surface area contributed by atoms with Gasteiger partial charge in [-0.1, -0.05) is 25.7 Å². The number of hydrogen-bond donors (Lipinski definition) is 0. The van der Waals surface area contributed by atoms with Gasteiger partial charge in [-0.15, -0.1) is 0 Å². The molecule has 0 atom stereocenters. The Morgan fingerprint density at radius 1 is 1.42 bits per heavy atom. The summed E-state index contributed by atoms with van der Waals surface area (Å²) in [5, 5.41) is 0. The molecule has 0 saturated heterocycles. The van der Waals surface area contributed by atoms with Gasteiger partial charge in [0.1, 0.15) is 0 Å². The quantitative estimate of drug-likeness (QED) is 0.600. The van der Waals surface area contributed by atoms with Crippen LogP contribution in [0, 0.1) is 0 Å². The Kier molecular flexibility index (Phi) is 2.88. The number of carbonyl (C=O) groups excluding carboxylic acids is 1. The summed E-state index contributed by atoms with van der Waals surface area (Å²) in [5.74, 6) is 0.406. The molecular formula is C10H18OSi. The van der Waals surface area contributed by atoms with Crippen molar-refractivity contribution < 1.29 is 4.79 Å². The van der Waals surface area contributed by atoms with E-state index >= 15 is 0 Å². The summed E-state index contributed by atoms with van der Waals surface area (Å²) in [6.45, 7) is 6.95. The molecule has 0 aromatic heterocycles. The molecule has 0 heterocycles. The molecule has 1 nitrogen and oxygen atoms in total. The SMILES string of the molecule is C[Si](C)(C)CC1=CCCCC1=O. The van der Waals surface area contributed by atoms with Crippen molar-refractivity contribution in [3.8, 4) is 0 Å². The first-order valence-corrected chi connectivity index (χ1v) is 8.42. The van der Waals surface area contributed by atoms with Crippen molar-refractivity contribution in [1.29, 1.82) is 0 Å². The molecular weight excluding hydrogens is 164 g/mol. The zero-order chi connectivity index (χ0) is 9.19. The molecule has 0 amide bonds. The van der Waals surface area contributed by atoms with E-state index in [4.69, 9.17) is 0 Å². The number of hydrogen-bond acceptors (Lipinski definition) is 1. The van der Waals surface area contributed by atoms with Gasteiger partial charge in [0.15, 0.2) is 5.78 Å². The lowest BCUT2D eigenvalue weighted by molar-refractivity contribution is -0.115. The monoisotopic (exact) mass is 182 g/mol. The van der Waals surface area contributed by atoms with Crippen molar-refractivity contribution >= 4 is 13.9 Å². The number of carbonyl (C=O) groups is 1. The van der Waals surface area contributed by atoms with Gasteiger partial charge < -0.3 is 0 Å². The van der Waals surface area contributed by atoms with Gasteiger partial charge in [-0.05, 0) is 24.5 Å². The maximum absolute atomic E-state index is 11.4. The number of rotatable bonds is 2. The molecule has 0 aliphatic heterocycles. The summed E-state index contributed by atoms with van der Waals surface area (Å²) in [4.78, 5) is 11.4. The van der Waals surface area contributed by atoms with Gasteiger partial charge in [-0.25, -0.2) is 0 Å². The molecule has 1 aliphatic rings. The Balaban J connectivity index is 2.62. The molecule has 1 aliphatic carbocycles. The molecule has 1 rings (SSSR count). The molecule has 2 heteroatoms. The van der Waals surface area contributed by atoms with Crippen LogP contribution in [-0.2, 0) is 4.79 Å². The minimum atomic E-state index is -1.08. The van der Waals surface area contributed by atoms with E-state index in [2.05, 4.69) is 25.7 Å². The average Bonchev–Trinajstić information content (AvgIpc) is 1.91. The average molecular weight is 182 g/mol. The third kappa shape index (κ3) is 2.93. The third-order valence-electron chi connectivity index (χ3n) is 2.08. The van der Waals surface area contributed by atoms with Gasteiger partial charge in [0.2, 0.25) is 0 Å². The molecule has 0 aromatic carbocycles. The zero-order valence-corrected chi connectivity index (χ0v) is 9.31. The second-order valence-electron chi connectivity index (χ2n) is 4.78. The van der Waals surface area contributed by atoms with E-state index in [1.54, 1.807) is 0 Å². The summed E-state index contributed by atoms with van der Waals surface area (Å²) < 4.78 is 0. The van der Waals surface area contributed by atoms with Gasteiger partial charge >= 0.3 is 0 Å². The van der Waals surface area contributed by atoms with Crippen LogP contribution in [0.5, 0.6) is 0 Å². The van der Waals surface area contributed by atoms with Gasteiger partial charge in [0.25, 0.3) is 0 Å². The normalized spacial score (nSPS) is 19.2. The highest BCUT2D eigenvalue weighted by molar-refractivity contribution is 6.77. The Bertz CT molecular complexity index is 210. The summed E-state index contributed by atoms with van der Waals surface area (Å²) in [6.07, 6.45) is 5.12. The standard InChI is InChI=1S/C10H18OSi/c1-12(2,3)8-9-6-4-5-7-10(9)11/h6H,4-5,7-8H2,1-3H3. The highest BCUT2D eigenvalue weighted by atomic mass is 28.3. The maximum atomic E-state index is 11.4. The maximum Gasteiger partial charge on any atom is 0.158 e. The first-order chi connectivity index (χ1) is 5.49. The molecule has 0 radical (unpaired) electrons. The largest absolute Gasteiger partial charge is 0.295 e. The van der Waals surface area contributed by atoms with Crippen LogP contribution in [0.4, 0.5) is 0 Å². The van der Waals surface area contributed by atoms with Crippen molar-refractivity contribution in [3.05, 3.63) is 11.6 Å². The highest BCUT2D eigenvalue weighted by Gasteiger charge is 2.21. The topological polar surface area (TPSA) is 17.1 Å². The predicted octanol–water partition coefficient (Wildman–Crippen LogP) is 3.00. The van der Waals surface area contributed by atoms with Crippen molar-refractivity contribution in [2.45, 2.75) is 44.9 Å². The Morgan fingerprint density at radius 2 is 2.08 bits per heavy atom. The third-order valence-corrected chi connectivity index (χ3v) is 3.52.